The normalized spacial score (nSPS) is 15.5. The molecule has 0 bridgehead atoms. The number of halogens is 2. The zero-order valence-corrected chi connectivity index (χ0v) is 29.6. The minimum absolute atomic E-state index is 0.00411. The zero-order chi connectivity index (χ0) is 31.1. The lowest BCUT2D eigenvalue weighted by atomic mass is 9.75. The van der Waals surface area contributed by atoms with Crippen LogP contribution in [-0.4, -0.2) is 11.6 Å². The van der Waals surface area contributed by atoms with Crippen LogP contribution in [0.2, 0.25) is 0 Å². The van der Waals surface area contributed by atoms with E-state index < -0.39 is 0 Å². The maximum atomic E-state index is 3.81. The number of para-hydroxylation sites is 1. The van der Waals surface area contributed by atoms with Gasteiger partial charge in [0.05, 0.1) is 11.0 Å². The Morgan fingerprint density at radius 2 is 1.27 bits per heavy atom. The van der Waals surface area contributed by atoms with Gasteiger partial charge < -0.3 is 9.47 Å². The molecular formula is C41H40Br2N2. The van der Waals surface area contributed by atoms with Crippen molar-refractivity contribution < 1.29 is 0 Å². The molecule has 0 saturated carbocycles. The highest BCUT2D eigenvalue weighted by Crippen LogP contribution is 2.54. The van der Waals surface area contributed by atoms with Crippen LogP contribution in [0.4, 0.5) is 11.4 Å². The predicted octanol–water partition coefficient (Wildman–Crippen LogP) is 13.1. The van der Waals surface area contributed by atoms with Gasteiger partial charge in [-0.25, -0.2) is 0 Å². The summed E-state index contributed by atoms with van der Waals surface area (Å²) in [6.07, 6.45) is 9.08. The Kier molecular flexibility index (Phi) is 8.39. The summed E-state index contributed by atoms with van der Waals surface area (Å²) < 4.78 is 4.71. The average Bonchev–Trinajstić information content (AvgIpc) is 3.50. The Labute approximate surface area is 284 Å². The van der Waals surface area contributed by atoms with Crippen molar-refractivity contribution >= 4 is 65.0 Å². The second-order valence-electron chi connectivity index (χ2n) is 12.9. The molecule has 5 aromatic carbocycles. The smallest absolute Gasteiger partial charge is 0.0547 e. The number of aromatic nitrogens is 1. The Hall–Kier alpha value is -3.34. The van der Waals surface area contributed by atoms with E-state index in [1.165, 1.54) is 94.7 Å². The number of nitrogens with zero attached hydrogens (tertiary/aromatic N) is 2. The van der Waals surface area contributed by atoms with Crippen molar-refractivity contribution in [2.75, 3.05) is 11.9 Å². The topological polar surface area (TPSA) is 8.17 Å². The van der Waals surface area contributed by atoms with Gasteiger partial charge in [0.15, 0.2) is 0 Å². The second kappa shape index (κ2) is 12.5. The molecular weight excluding hydrogens is 680 g/mol. The van der Waals surface area contributed by atoms with E-state index in [2.05, 4.69) is 165 Å². The van der Waals surface area contributed by atoms with Crippen molar-refractivity contribution in [3.05, 3.63) is 123 Å². The van der Waals surface area contributed by atoms with Crippen LogP contribution >= 0.6 is 31.9 Å². The molecule has 0 amide bonds. The molecule has 7 rings (SSSR count). The van der Waals surface area contributed by atoms with Gasteiger partial charge in [-0.1, -0.05) is 108 Å². The zero-order valence-electron chi connectivity index (χ0n) is 26.4. The van der Waals surface area contributed by atoms with Crippen molar-refractivity contribution in [2.45, 2.75) is 64.2 Å². The van der Waals surface area contributed by atoms with Gasteiger partial charge in [0.2, 0.25) is 0 Å². The molecule has 0 aliphatic heterocycles. The van der Waals surface area contributed by atoms with Crippen LogP contribution in [0.25, 0.3) is 38.6 Å². The molecule has 0 spiro atoms. The summed E-state index contributed by atoms with van der Waals surface area (Å²) in [5.74, 6) is 0. The third-order valence-electron chi connectivity index (χ3n) is 10.0. The van der Waals surface area contributed by atoms with E-state index in [0.717, 1.165) is 20.3 Å². The molecule has 2 nitrogen and oxygen atoms in total. The van der Waals surface area contributed by atoms with Gasteiger partial charge in [-0.05, 0) is 108 Å². The van der Waals surface area contributed by atoms with E-state index >= 15 is 0 Å². The van der Waals surface area contributed by atoms with Gasteiger partial charge in [-0.3, -0.25) is 0 Å². The lowest BCUT2D eigenvalue weighted by Gasteiger charge is -2.28. The minimum atomic E-state index is -0.00411. The molecule has 228 valence electrons. The van der Waals surface area contributed by atoms with E-state index in [0.29, 0.717) is 0 Å². The largest absolute Gasteiger partial charge is 0.345 e. The SMILES string of the molecule is CCCCCCCCC1(C)c2cc(Br)ccc2-c2cc3c(cc21)c1ccccc1n3-c1ccc(N(C)c2ccc(Br)cc2)cc1. The van der Waals surface area contributed by atoms with Gasteiger partial charge in [-0.2, -0.15) is 0 Å². The number of unbranched alkanes of at least 4 members (excludes halogenated alkanes) is 5. The number of benzene rings is 5. The third-order valence-corrected chi connectivity index (χ3v) is 11.0. The lowest BCUT2D eigenvalue weighted by Crippen LogP contribution is -2.20. The number of hydrogen-bond acceptors (Lipinski definition) is 1. The van der Waals surface area contributed by atoms with Crippen LogP contribution < -0.4 is 4.90 Å². The predicted molar refractivity (Wildman–Crippen MR) is 201 cm³/mol. The van der Waals surface area contributed by atoms with Crippen LogP contribution in [0.1, 0.15) is 69.9 Å². The first-order chi connectivity index (χ1) is 21.9. The molecule has 1 atom stereocenters. The molecule has 1 aliphatic carbocycles. The molecule has 0 radical (unpaired) electrons. The molecule has 1 aromatic heterocycles. The molecule has 0 fully saturated rings. The van der Waals surface area contributed by atoms with Gasteiger partial charge in [-0.15, -0.1) is 0 Å². The summed E-state index contributed by atoms with van der Waals surface area (Å²) in [5, 5.41) is 2.65. The molecule has 1 heterocycles. The van der Waals surface area contributed by atoms with E-state index in [9.17, 15) is 0 Å². The molecule has 1 aliphatic rings. The van der Waals surface area contributed by atoms with Gasteiger partial charge in [0.25, 0.3) is 0 Å². The summed E-state index contributed by atoms with van der Waals surface area (Å²) >= 11 is 7.36. The average molecular weight is 721 g/mol. The monoisotopic (exact) mass is 718 g/mol. The van der Waals surface area contributed by atoms with E-state index in [1.807, 2.05) is 0 Å². The first-order valence-corrected chi connectivity index (χ1v) is 18.0. The Morgan fingerprint density at radius 3 is 2.02 bits per heavy atom. The Bertz CT molecular complexity index is 1990. The van der Waals surface area contributed by atoms with E-state index in [-0.39, 0.29) is 5.41 Å². The summed E-state index contributed by atoms with van der Waals surface area (Å²) in [4.78, 5) is 2.23. The van der Waals surface area contributed by atoms with Crippen molar-refractivity contribution in [1.82, 2.24) is 4.57 Å². The maximum Gasteiger partial charge on any atom is 0.0547 e. The molecule has 4 heteroatoms. The highest BCUT2D eigenvalue weighted by molar-refractivity contribution is 9.10. The lowest BCUT2D eigenvalue weighted by molar-refractivity contribution is 0.481. The van der Waals surface area contributed by atoms with Crippen LogP contribution in [0, 0.1) is 0 Å². The number of hydrogen-bond donors (Lipinski definition) is 0. The minimum Gasteiger partial charge on any atom is -0.345 e. The van der Waals surface area contributed by atoms with Crippen molar-refractivity contribution in [3.8, 4) is 16.8 Å². The van der Waals surface area contributed by atoms with Crippen molar-refractivity contribution in [2.24, 2.45) is 0 Å². The second-order valence-corrected chi connectivity index (χ2v) is 14.7. The van der Waals surface area contributed by atoms with E-state index in [1.54, 1.807) is 0 Å². The van der Waals surface area contributed by atoms with Gasteiger partial charge in [0.1, 0.15) is 0 Å². The molecule has 0 N–H and O–H groups in total. The fourth-order valence-electron chi connectivity index (χ4n) is 7.49. The van der Waals surface area contributed by atoms with Gasteiger partial charge in [0, 0.05) is 49.2 Å². The van der Waals surface area contributed by atoms with E-state index in [4.69, 9.17) is 0 Å². The first-order valence-electron chi connectivity index (χ1n) is 16.4. The maximum absolute atomic E-state index is 3.81. The fraction of sp³-hybridized carbons (Fsp3) is 0.268. The highest BCUT2D eigenvalue weighted by atomic mass is 79.9. The quantitative estimate of drug-likeness (QED) is 0.128. The number of rotatable bonds is 10. The number of fused-ring (bicyclic) bond motifs is 6. The fourth-order valence-corrected chi connectivity index (χ4v) is 8.12. The first kappa shape index (κ1) is 30.3. The summed E-state index contributed by atoms with van der Waals surface area (Å²) in [5.41, 5.74) is 11.7. The molecule has 1 unspecified atom stereocenters. The van der Waals surface area contributed by atoms with Crippen molar-refractivity contribution in [3.63, 3.8) is 0 Å². The van der Waals surface area contributed by atoms with Crippen LogP contribution in [0.15, 0.2) is 112 Å². The Balaban J connectivity index is 1.32. The summed E-state index contributed by atoms with van der Waals surface area (Å²) in [6.45, 7) is 4.78. The standard InChI is InChI=1S/C41H40Br2N2/c1-4-5-6-7-8-11-24-41(2)37-25-29(43)16-23-33(37)35-27-40-36(26-38(35)41)34-12-9-10-13-39(34)45(40)32-21-19-31(20-22-32)44(3)30-17-14-28(42)15-18-30/h9-10,12-23,25-27H,4-8,11,24H2,1-3H3. The van der Waals surface area contributed by atoms with Crippen LogP contribution in [0.5, 0.6) is 0 Å². The number of anilines is 2. The van der Waals surface area contributed by atoms with Crippen LogP contribution in [-0.2, 0) is 5.41 Å². The third kappa shape index (κ3) is 5.44. The van der Waals surface area contributed by atoms with Crippen LogP contribution in [0.3, 0.4) is 0 Å². The molecule has 0 saturated heterocycles. The summed E-state index contributed by atoms with van der Waals surface area (Å²) in [7, 11) is 2.13. The summed E-state index contributed by atoms with van der Waals surface area (Å²) in [6, 6.07) is 38.3. The molecule has 6 aromatic rings. The molecule has 45 heavy (non-hydrogen) atoms. The van der Waals surface area contributed by atoms with Crippen molar-refractivity contribution in [1.29, 1.82) is 0 Å². The van der Waals surface area contributed by atoms with Gasteiger partial charge >= 0.3 is 0 Å². The highest BCUT2D eigenvalue weighted by Gasteiger charge is 2.39. The Morgan fingerprint density at radius 1 is 0.622 bits per heavy atom.